The smallest absolute Gasteiger partial charge is 0.117 e. The summed E-state index contributed by atoms with van der Waals surface area (Å²) >= 11 is 0. The maximum atomic E-state index is 9.58. The minimum Gasteiger partial charge on any atom is -0.508 e. The zero-order chi connectivity index (χ0) is 13.4. The first kappa shape index (κ1) is 12.2. The van der Waals surface area contributed by atoms with Gasteiger partial charge in [-0.15, -0.1) is 0 Å². The van der Waals surface area contributed by atoms with Gasteiger partial charge in [-0.2, -0.15) is 0 Å². The van der Waals surface area contributed by atoms with Crippen LogP contribution in [-0.4, -0.2) is 34.4 Å². The predicted octanol–water partition coefficient (Wildman–Crippen LogP) is 2.21. The van der Waals surface area contributed by atoms with Gasteiger partial charge >= 0.3 is 0 Å². The number of pyridine rings is 1. The third kappa shape index (κ3) is 2.12. The number of hydrogen-bond donors (Lipinski definition) is 2. The molecule has 0 saturated carbocycles. The van der Waals surface area contributed by atoms with E-state index < -0.39 is 0 Å². The lowest BCUT2D eigenvalue weighted by molar-refractivity contribution is 0.266. The molecule has 4 nitrogen and oxygen atoms in total. The van der Waals surface area contributed by atoms with E-state index in [1.807, 2.05) is 13.0 Å². The monoisotopic (exact) mass is 258 g/mol. The zero-order valence-corrected chi connectivity index (χ0v) is 11.0. The molecule has 0 aliphatic carbocycles. The lowest BCUT2D eigenvalue weighted by Gasteiger charge is -2.27. The van der Waals surface area contributed by atoms with E-state index in [0.717, 1.165) is 41.7 Å². The molecule has 4 heteroatoms. The number of aromatic hydroxyl groups is 1. The number of phenols is 1. The van der Waals surface area contributed by atoms with Crippen LogP contribution in [0.25, 0.3) is 10.9 Å². The van der Waals surface area contributed by atoms with Crippen LogP contribution in [0.4, 0.5) is 5.69 Å². The number of anilines is 1. The summed E-state index contributed by atoms with van der Waals surface area (Å²) in [6, 6.07) is 7.54. The summed E-state index contributed by atoms with van der Waals surface area (Å²) in [6.45, 7) is 3.10. The Morgan fingerprint density at radius 3 is 3.00 bits per heavy atom. The lowest BCUT2D eigenvalue weighted by Crippen LogP contribution is -2.32. The van der Waals surface area contributed by atoms with E-state index in [1.54, 1.807) is 12.1 Å². The molecule has 2 aromatic rings. The first-order valence-corrected chi connectivity index (χ1v) is 6.67. The number of benzene rings is 1. The normalized spacial score (nSPS) is 19.3. The molecular formula is C15H18N2O2. The van der Waals surface area contributed by atoms with Crippen molar-refractivity contribution in [1.29, 1.82) is 0 Å². The average molecular weight is 258 g/mol. The van der Waals surface area contributed by atoms with Gasteiger partial charge in [0.2, 0.25) is 0 Å². The minimum absolute atomic E-state index is 0.181. The van der Waals surface area contributed by atoms with Gasteiger partial charge in [-0.05, 0) is 38.0 Å². The predicted molar refractivity (Wildman–Crippen MR) is 75.6 cm³/mol. The van der Waals surface area contributed by atoms with Crippen molar-refractivity contribution in [1.82, 2.24) is 4.98 Å². The van der Waals surface area contributed by atoms with Gasteiger partial charge in [0.15, 0.2) is 0 Å². The second-order valence-corrected chi connectivity index (χ2v) is 5.16. The third-order valence-electron chi connectivity index (χ3n) is 3.80. The quantitative estimate of drug-likeness (QED) is 0.867. The molecule has 0 bridgehead atoms. The van der Waals surface area contributed by atoms with E-state index in [0.29, 0.717) is 0 Å². The molecule has 0 radical (unpaired) electrons. The summed E-state index contributed by atoms with van der Waals surface area (Å²) in [5, 5.41) is 20.1. The number of aliphatic hydroxyl groups is 1. The minimum atomic E-state index is 0.181. The molecule has 1 fully saturated rings. The van der Waals surface area contributed by atoms with Gasteiger partial charge in [0.25, 0.3) is 0 Å². The van der Waals surface area contributed by atoms with E-state index in [9.17, 15) is 10.2 Å². The van der Waals surface area contributed by atoms with Crippen molar-refractivity contribution in [3.8, 4) is 5.75 Å². The number of rotatable bonds is 2. The number of phenolic OH excluding ortho intramolecular Hbond substituents is 1. The van der Waals surface area contributed by atoms with Crippen LogP contribution in [0.2, 0.25) is 0 Å². The van der Waals surface area contributed by atoms with Crippen LogP contribution >= 0.6 is 0 Å². The molecular weight excluding hydrogens is 240 g/mol. The van der Waals surface area contributed by atoms with Crippen molar-refractivity contribution in [3.05, 3.63) is 30.0 Å². The molecule has 2 N–H and O–H groups in total. The topological polar surface area (TPSA) is 56.6 Å². The van der Waals surface area contributed by atoms with Crippen molar-refractivity contribution in [2.45, 2.75) is 25.8 Å². The van der Waals surface area contributed by atoms with Gasteiger partial charge in [-0.1, -0.05) is 0 Å². The highest BCUT2D eigenvalue weighted by Crippen LogP contribution is 2.33. The maximum Gasteiger partial charge on any atom is 0.117 e. The van der Waals surface area contributed by atoms with E-state index in [-0.39, 0.29) is 18.4 Å². The molecule has 0 unspecified atom stereocenters. The van der Waals surface area contributed by atoms with Crippen LogP contribution in [0.3, 0.4) is 0 Å². The van der Waals surface area contributed by atoms with Crippen molar-refractivity contribution in [2.75, 3.05) is 18.1 Å². The molecule has 2 heterocycles. The molecule has 1 aliphatic heterocycles. The Balaban J connectivity index is 2.17. The zero-order valence-electron chi connectivity index (χ0n) is 11.0. The summed E-state index contributed by atoms with van der Waals surface area (Å²) in [5.74, 6) is 0.233. The summed E-state index contributed by atoms with van der Waals surface area (Å²) < 4.78 is 0. The van der Waals surface area contributed by atoms with Crippen LogP contribution in [0.1, 0.15) is 18.5 Å². The number of aromatic nitrogens is 1. The molecule has 0 spiro atoms. The Labute approximate surface area is 112 Å². The lowest BCUT2D eigenvalue weighted by atomic mass is 10.1. The Kier molecular flexibility index (Phi) is 3.03. The van der Waals surface area contributed by atoms with Gasteiger partial charge < -0.3 is 15.1 Å². The highest BCUT2D eigenvalue weighted by atomic mass is 16.3. The highest BCUT2D eigenvalue weighted by Gasteiger charge is 2.25. The fourth-order valence-corrected chi connectivity index (χ4v) is 2.91. The summed E-state index contributed by atoms with van der Waals surface area (Å²) in [6.07, 6.45) is 2.13. The van der Waals surface area contributed by atoms with Crippen molar-refractivity contribution >= 4 is 16.6 Å². The van der Waals surface area contributed by atoms with Gasteiger partial charge in [0, 0.05) is 29.4 Å². The third-order valence-corrected chi connectivity index (χ3v) is 3.80. The molecule has 100 valence electrons. The second kappa shape index (κ2) is 4.70. The summed E-state index contributed by atoms with van der Waals surface area (Å²) in [4.78, 5) is 6.73. The molecule has 0 amide bonds. The van der Waals surface area contributed by atoms with Crippen LogP contribution in [0.5, 0.6) is 5.75 Å². The van der Waals surface area contributed by atoms with Gasteiger partial charge in [0.05, 0.1) is 18.2 Å². The summed E-state index contributed by atoms with van der Waals surface area (Å²) in [7, 11) is 0. The molecule has 1 atom stereocenters. The van der Waals surface area contributed by atoms with Crippen LogP contribution in [0, 0.1) is 6.92 Å². The van der Waals surface area contributed by atoms with Crippen LogP contribution in [-0.2, 0) is 0 Å². The van der Waals surface area contributed by atoms with E-state index in [1.165, 1.54) is 0 Å². The second-order valence-electron chi connectivity index (χ2n) is 5.16. The van der Waals surface area contributed by atoms with E-state index in [2.05, 4.69) is 16.0 Å². The SMILES string of the molecule is Cc1cc(N2CCC[C@H]2CO)c2ccc(O)cc2n1. The van der Waals surface area contributed by atoms with Gasteiger partial charge in [-0.25, -0.2) is 0 Å². The number of aliphatic hydroxyl groups excluding tert-OH is 1. The Bertz CT molecular complexity index is 607. The first-order chi connectivity index (χ1) is 9.19. The van der Waals surface area contributed by atoms with Crippen molar-refractivity contribution in [3.63, 3.8) is 0 Å². The molecule has 1 saturated heterocycles. The van der Waals surface area contributed by atoms with Gasteiger partial charge in [-0.3, -0.25) is 4.98 Å². The van der Waals surface area contributed by atoms with Crippen molar-refractivity contribution < 1.29 is 10.2 Å². The standard InChI is InChI=1S/C15H18N2O2/c1-10-7-15(17-6-2-3-11(17)9-18)13-5-4-12(19)8-14(13)16-10/h4-5,7-8,11,18-19H,2-3,6,9H2,1H3/t11-/m0/s1. The largest absolute Gasteiger partial charge is 0.508 e. The van der Waals surface area contributed by atoms with Gasteiger partial charge in [0.1, 0.15) is 5.75 Å². The van der Waals surface area contributed by atoms with E-state index >= 15 is 0 Å². The molecule has 1 aliphatic rings. The Hall–Kier alpha value is -1.81. The van der Waals surface area contributed by atoms with Crippen LogP contribution < -0.4 is 4.90 Å². The average Bonchev–Trinajstić information content (AvgIpc) is 2.85. The number of fused-ring (bicyclic) bond motifs is 1. The maximum absolute atomic E-state index is 9.58. The summed E-state index contributed by atoms with van der Waals surface area (Å²) in [5.41, 5.74) is 2.84. The molecule has 3 rings (SSSR count). The fraction of sp³-hybridized carbons (Fsp3) is 0.400. The molecule has 1 aromatic heterocycles. The number of nitrogens with zero attached hydrogens (tertiary/aromatic N) is 2. The first-order valence-electron chi connectivity index (χ1n) is 6.67. The van der Waals surface area contributed by atoms with Crippen LogP contribution in [0.15, 0.2) is 24.3 Å². The molecule has 19 heavy (non-hydrogen) atoms. The molecule has 1 aromatic carbocycles. The van der Waals surface area contributed by atoms with E-state index in [4.69, 9.17) is 0 Å². The fourth-order valence-electron chi connectivity index (χ4n) is 2.91. The van der Waals surface area contributed by atoms with Crippen molar-refractivity contribution in [2.24, 2.45) is 0 Å². The number of aryl methyl sites for hydroxylation is 1. The Morgan fingerprint density at radius 1 is 1.37 bits per heavy atom. The Morgan fingerprint density at radius 2 is 2.21 bits per heavy atom. The highest BCUT2D eigenvalue weighted by molar-refractivity contribution is 5.93. The number of hydrogen-bond acceptors (Lipinski definition) is 4.